The molecule has 1 saturated heterocycles. The molecule has 9 heteroatoms. The van der Waals surface area contributed by atoms with Crippen molar-refractivity contribution in [1.82, 2.24) is 19.8 Å². The minimum atomic E-state index is -3.72. The zero-order valence-corrected chi connectivity index (χ0v) is 16.3. The molecule has 2 aliphatic rings. The standard InChI is InChI=1S/C19H23FN4O3S/c20-14-5-7-15(8-6-14)28(26,27)24-10-9-13(12-24)19(25)21-11-18-16-3-1-2-4-17(16)22-23-18/h5-8,13H,1-4,9-12H2,(H,21,25)(H,22,23). The van der Waals surface area contributed by atoms with Gasteiger partial charge in [0.2, 0.25) is 15.9 Å². The van der Waals surface area contributed by atoms with Gasteiger partial charge in [-0.15, -0.1) is 0 Å². The van der Waals surface area contributed by atoms with E-state index in [0.717, 1.165) is 49.2 Å². The summed E-state index contributed by atoms with van der Waals surface area (Å²) in [4.78, 5) is 12.6. The van der Waals surface area contributed by atoms with Crippen molar-refractivity contribution >= 4 is 15.9 Å². The molecule has 0 spiro atoms. The van der Waals surface area contributed by atoms with Crippen LogP contribution in [0.2, 0.25) is 0 Å². The molecule has 1 amide bonds. The Morgan fingerprint density at radius 1 is 1.25 bits per heavy atom. The summed E-state index contributed by atoms with van der Waals surface area (Å²) in [5, 5.41) is 10.3. The maximum absolute atomic E-state index is 13.1. The fourth-order valence-corrected chi connectivity index (χ4v) is 5.43. The van der Waals surface area contributed by atoms with Gasteiger partial charge in [-0.25, -0.2) is 12.8 Å². The third-order valence-corrected chi connectivity index (χ3v) is 7.42. The van der Waals surface area contributed by atoms with Crippen LogP contribution in [-0.4, -0.2) is 41.9 Å². The number of carbonyl (C=O) groups is 1. The van der Waals surface area contributed by atoms with Gasteiger partial charge in [-0.2, -0.15) is 9.40 Å². The van der Waals surface area contributed by atoms with Crippen molar-refractivity contribution in [2.45, 2.75) is 43.5 Å². The Morgan fingerprint density at radius 2 is 2.00 bits per heavy atom. The predicted octanol–water partition coefficient (Wildman–Crippen LogP) is 1.75. The second-order valence-corrected chi connectivity index (χ2v) is 9.29. The average Bonchev–Trinajstić information content (AvgIpc) is 3.34. The molecule has 0 saturated carbocycles. The van der Waals surface area contributed by atoms with E-state index >= 15 is 0 Å². The molecule has 0 radical (unpaired) electrons. The Labute approximate surface area is 163 Å². The molecule has 1 atom stereocenters. The quantitative estimate of drug-likeness (QED) is 0.791. The van der Waals surface area contributed by atoms with Gasteiger partial charge in [0, 0.05) is 18.8 Å². The number of fused-ring (bicyclic) bond motifs is 1. The van der Waals surface area contributed by atoms with Crippen molar-refractivity contribution in [3.63, 3.8) is 0 Å². The van der Waals surface area contributed by atoms with Crippen LogP contribution in [0.25, 0.3) is 0 Å². The maximum atomic E-state index is 13.1. The van der Waals surface area contributed by atoms with Crippen molar-refractivity contribution in [3.8, 4) is 0 Å². The highest BCUT2D eigenvalue weighted by Gasteiger charge is 2.35. The number of hydrogen-bond acceptors (Lipinski definition) is 4. The highest BCUT2D eigenvalue weighted by atomic mass is 32.2. The summed E-state index contributed by atoms with van der Waals surface area (Å²) < 4.78 is 39.7. The third-order valence-electron chi connectivity index (χ3n) is 5.55. The van der Waals surface area contributed by atoms with Crippen LogP contribution < -0.4 is 5.32 Å². The Bertz CT molecular complexity index is 972. The van der Waals surface area contributed by atoms with Crippen LogP contribution in [0.1, 0.15) is 36.2 Å². The number of benzene rings is 1. The molecule has 1 fully saturated rings. The van der Waals surface area contributed by atoms with Crippen molar-refractivity contribution in [3.05, 3.63) is 47.0 Å². The number of nitrogens with zero attached hydrogens (tertiary/aromatic N) is 2. The van der Waals surface area contributed by atoms with Crippen LogP contribution in [0.4, 0.5) is 4.39 Å². The van der Waals surface area contributed by atoms with Gasteiger partial charge in [-0.3, -0.25) is 9.89 Å². The normalized spacial score (nSPS) is 20.1. The molecule has 28 heavy (non-hydrogen) atoms. The molecule has 7 nitrogen and oxygen atoms in total. The number of rotatable bonds is 5. The summed E-state index contributed by atoms with van der Waals surface area (Å²) in [6.45, 7) is 0.756. The fraction of sp³-hybridized carbons (Fsp3) is 0.474. The smallest absolute Gasteiger partial charge is 0.243 e. The predicted molar refractivity (Wildman–Crippen MR) is 100 cm³/mol. The lowest BCUT2D eigenvalue weighted by Gasteiger charge is -2.17. The van der Waals surface area contributed by atoms with Gasteiger partial charge in [0.15, 0.2) is 0 Å². The summed E-state index contributed by atoms with van der Waals surface area (Å²) in [5.41, 5.74) is 3.24. The number of amides is 1. The molecule has 1 aliphatic carbocycles. The molecule has 4 rings (SSSR count). The molecule has 1 aliphatic heterocycles. The van der Waals surface area contributed by atoms with Crippen molar-refractivity contribution < 1.29 is 17.6 Å². The number of halogens is 1. The third kappa shape index (κ3) is 3.68. The monoisotopic (exact) mass is 406 g/mol. The Kier molecular flexibility index (Phi) is 5.20. The van der Waals surface area contributed by atoms with E-state index in [0.29, 0.717) is 13.0 Å². The minimum Gasteiger partial charge on any atom is -0.350 e. The van der Waals surface area contributed by atoms with Gasteiger partial charge in [0.25, 0.3) is 0 Å². The molecule has 1 aromatic carbocycles. The van der Waals surface area contributed by atoms with E-state index in [1.807, 2.05) is 0 Å². The molecular weight excluding hydrogens is 383 g/mol. The lowest BCUT2D eigenvalue weighted by Crippen LogP contribution is -2.34. The molecule has 2 N–H and O–H groups in total. The number of aromatic nitrogens is 2. The first kappa shape index (κ1) is 19.1. The summed E-state index contributed by atoms with van der Waals surface area (Å²) in [5.74, 6) is -1.05. The van der Waals surface area contributed by atoms with Crippen LogP contribution in [-0.2, 0) is 34.2 Å². The zero-order valence-electron chi connectivity index (χ0n) is 15.4. The summed E-state index contributed by atoms with van der Waals surface area (Å²) >= 11 is 0. The topological polar surface area (TPSA) is 95.2 Å². The second-order valence-electron chi connectivity index (χ2n) is 7.35. The highest BCUT2D eigenvalue weighted by molar-refractivity contribution is 7.89. The molecule has 1 aromatic heterocycles. The lowest BCUT2D eigenvalue weighted by molar-refractivity contribution is -0.124. The SMILES string of the molecule is O=C(NCc1n[nH]c2c1CCCC2)C1CCN(S(=O)(=O)c2ccc(F)cc2)C1. The largest absolute Gasteiger partial charge is 0.350 e. The molecule has 150 valence electrons. The number of aryl methyl sites for hydroxylation is 1. The first-order chi connectivity index (χ1) is 13.4. The van der Waals surface area contributed by atoms with Crippen LogP contribution in [0.3, 0.4) is 0 Å². The van der Waals surface area contributed by atoms with E-state index in [-0.39, 0.29) is 23.9 Å². The number of sulfonamides is 1. The van der Waals surface area contributed by atoms with E-state index in [2.05, 4.69) is 15.5 Å². The van der Waals surface area contributed by atoms with Crippen LogP contribution >= 0.6 is 0 Å². The number of H-pyrrole nitrogens is 1. The van der Waals surface area contributed by atoms with E-state index in [4.69, 9.17) is 0 Å². The van der Waals surface area contributed by atoms with Gasteiger partial charge >= 0.3 is 0 Å². The van der Waals surface area contributed by atoms with Gasteiger partial charge in [-0.05, 0) is 61.9 Å². The van der Waals surface area contributed by atoms with Crippen molar-refractivity contribution in [1.29, 1.82) is 0 Å². The Hall–Kier alpha value is -2.26. The maximum Gasteiger partial charge on any atom is 0.243 e. The lowest BCUT2D eigenvalue weighted by atomic mass is 9.96. The summed E-state index contributed by atoms with van der Waals surface area (Å²) in [6, 6.07) is 4.74. The van der Waals surface area contributed by atoms with Gasteiger partial charge in [-0.1, -0.05) is 0 Å². The number of nitrogens with one attached hydrogen (secondary N) is 2. The highest BCUT2D eigenvalue weighted by Crippen LogP contribution is 2.25. The number of aromatic amines is 1. The zero-order chi connectivity index (χ0) is 19.7. The average molecular weight is 406 g/mol. The molecule has 2 heterocycles. The number of carbonyl (C=O) groups excluding carboxylic acids is 1. The summed E-state index contributed by atoms with van der Waals surface area (Å²) in [7, 11) is -3.72. The summed E-state index contributed by atoms with van der Waals surface area (Å²) in [6.07, 6.45) is 4.72. The van der Waals surface area contributed by atoms with Crippen molar-refractivity contribution in [2.75, 3.05) is 13.1 Å². The molecule has 2 aromatic rings. The van der Waals surface area contributed by atoms with Gasteiger partial charge in [0.1, 0.15) is 5.82 Å². The number of hydrogen-bond donors (Lipinski definition) is 2. The molecule has 1 unspecified atom stereocenters. The Morgan fingerprint density at radius 3 is 2.79 bits per heavy atom. The van der Waals surface area contributed by atoms with E-state index in [9.17, 15) is 17.6 Å². The molecule has 0 bridgehead atoms. The van der Waals surface area contributed by atoms with Gasteiger partial charge in [0.05, 0.1) is 23.1 Å². The van der Waals surface area contributed by atoms with Crippen LogP contribution in [0, 0.1) is 11.7 Å². The van der Waals surface area contributed by atoms with Crippen LogP contribution in [0.15, 0.2) is 29.2 Å². The second kappa shape index (κ2) is 7.63. The van der Waals surface area contributed by atoms with Crippen molar-refractivity contribution in [2.24, 2.45) is 5.92 Å². The first-order valence-electron chi connectivity index (χ1n) is 9.53. The van der Waals surface area contributed by atoms with Crippen LogP contribution in [0.5, 0.6) is 0 Å². The first-order valence-corrected chi connectivity index (χ1v) is 11.0. The minimum absolute atomic E-state index is 0.0399. The van der Waals surface area contributed by atoms with E-state index in [1.165, 1.54) is 22.0 Å². The van der Waals surface area contributed by atoms with E-state index < -0.39 is 21.8 Å². The van der Waals surface area contributed by atoms with E-state index in [1.54, 1.807) is 0 Å². The Balaban J connectivity index is 1.36. The fourth-order valence-electron chi connectivity index (χ4n) is 3.93. The van der Waals surface area contributed by atoms with Gasteiger partial charge < -0.3 is 5.32 Å². The molecular formula is C19H23FN4O3S.